The van der Waals surface area contributed by atoms with E-state index >= 15 is 0 Å². The van der Waals surface area contributed by atoms with Gasteiger partial charge in [0, 0.05) is 31.2 Å². The maximum Gasteiger partial charge on any atom is 0.407 e. The average Bonchev–Trinajstić information content (AvgIpc) is 2.78. The van der Waals surface area contributed by atoms with Crippen molar-refractivity contribution in [3.05, 3.63) is 23.3 Å². The molecule has 0 aliphatic carbocycles. The zero-order valence-electron chi connectivity index (χ0n) is 23.0. The van der Waals surface area contributed by atoms with Gasteiger partial charge < -0.3 is 20.0 Å². The summed E-state index contributed by atoms with van der Waals surface area (Å²) in [5, 5.41) is 19.6. The number of rotatable bonds is 10. The highest BCUT2D eigenvalue weighted by molar-refractivity contribution is 5.95. The molecule has 0 aromatic carbocycles. The summed E-state index contributed by atoms with van der Waals surface area (Å²) in [5.74, 6) is -0.550. The molecule has 1 saturated heterocycles. The predicted molar refractivity (Wildman–Crippen MR) is 138 cm³/mol. The zero-order valence-corrected chi connectivity index (χ0v) is 23.0. The summed E-state index contributed by atoms with van der Waals surface area (Å²) >= 11 is 0. The molecule has 0 unspecified atom stereocenters. The van der Waals surface area contributed by atoms with E-state index in [0.29, 0.717) is 30.0 Å². The lowest BCUT2D eigenvalue weighted by Gasteiger charge is -2.45. The Hall–Kier alpha value is -2.71. The van der Waals surface area contributed by atoms with Crippen molar-refractivity contribution in [1.29, 1.82) is 0 Å². The van der Waals surface area contributed by atoms with Crippen LogP contribution in [0.4, 0.5) is 4.79 Å². The van der Waals surface area contributed by atoms with Crippen LogP contribution >= 0.6 is 0 Å². The van der Waals surface area contributed by atoms with Crippen molar-refractivity contribution in [2.24, 2.45) is 11.3 Å². The third kappa shape index (κ3) is 7.40. The van der Waals surface area contributed by atoms with Crippen LogP contribution in [0, 0.1) is 11.3 Å². The largest absolute Gasteiger partial charge is 0.481 e. The number of carbonyl (C=O) groups excluding carboxylic acids is 1. The van der Waals surface area contributed by atoms with Crippen molar-refractivity contribution >= 4 is 18.0 Å². The molecule has 202 valence electrons. The number of carbonyl (C=O) groups is 3. The molecule has 0 spiro atoms. The molecule has 0 bridgehead atoms. The van der Waals surface area contributed by atoms with Crippen LogP contribution in [0.2, 0.25) is 0 Å². The van der Waals surface area contributed by atoms with Gasteiger partial charge in [0.05, 0.1) is 22.7 Å². The van der Waals surface area contributed by atoms with Gasteiger partial charge in [-0.1, -0.05) is 60.8 Å². The quantitative estimate of drug-likeness (QED) is 0.437. The second-order valence-corrected chi connectivity index (χ2v) is 11.9. The van der Waals surface area contributed by atoms with E-state index in [1.807, 2.05) is 34.6 Å². The number of hydrogen-bond acceptors (Lipinski definition) is 5. The van der Waals surface area contributed by atoms with Crippen LogP contribution in [-0.2, 0) is 16.6 Å². The summed E-state index contributed by atoms with van der Waals surface area (Å²) in [4.78, 5) is 50.1. The van der Waals surface area contributed by atoms with E-state index in [9.17, 15) is 24.6 Å². The Morgan fingerprint density at radius 3 is 2.39 bits per heavy atom. The van der Waals surface area contributed by atoms with E-state index in [1.54, 1.807) is 18.0 Å². The van der Waals surface area contributed by atoms with Crippen LogP contribution < -0.4 is 0 Å². The number of carboxylic acid groups (broad SMARTS) is 2. The molecule has 1 aromatic heterocycles. The van der Waals surface area contributed by atoms with Gasteiger partial charge in [0.1, 0.15) is 5.82 Å². The Bertz CT molecular complexity index is 943. The van der Waals surface area contributed by atoms with Crippen LogP contribution in [0.15, 0.2) is 6.20 Å². The second-order valence-electron chi connectivity index (χ2n) is 11.9. The van der Waals surface area contributed by atoms with Gasteiger partial charge in [-0.15, -0.1) is 0 Å². The summed E-state index contributed by atoms with van der Waals surface area (Å²) in [6.07, 6.45) is 5.42. The van der Waals surface area contributed by atoms with Gasteiger partial charge in [-0.3, -0.25) is 9.59 Å². The lowest BCUT2D eigenvalue weighted by molar-refractivity contribution is -0.152. The van der Waals surface area contributed by atoms with E-state index in [2.05, 4.69) is 11.9 Å². The van der Waals surface area contributed by atoms with Crippen molar-refractivity contribution in [2.45, 2.75) is 98.4 Å². The summed E-state index contributed by atoms with van der Waals surface area (Å²) in [5.41, 5.74) is -0.431. The number of aliphatic carboxylic acids is 1. The zero-order chi connectivity index (χ0) is 27.3. The molecule has 2 atom stereocenters. The second kappa shape index (κ2) is 12.0. The Morgan fingerprint density at radius 2 is 1.86 bits per heavy atom. The molecule has 2 N–H and O–H groups in total. The molecule has 1 fully saturated rings. The summed E-state index contributed by atoms with van der Waals surface area (Å²) < 4.78 is 0. The van der Waals surface area contributed by atoms with E-state index in [-0.39, 0.29) is 36.8 Å². The first kappa shape index (κ1) is 29.5. The van der Waals surface area contributed by atoms with E-state index < -0.39 is 23.5 Å². The van der Waals surface area contributed by atoms with Crippen molar-refractivity contribution < 1.29 is 24.6 Å². The molecule has 1 aromatic rings. The molecule has 2 rings (SSSR count). The number of nitrogens with zero attached hydrogens (tertiary/aromatic N) is 4. The lowest BCUT2D eigenvalue weighted by atomic mass is 9.79. The van der Waals surface area contributed by atoms with Crippen LogP contribution in [0.1, 0.15) is 102 Å². The normalized spacial score (nSPS) is 20.4. The Balaban J connectivity index is 2.50. The summed E-state index contributed by atoms with van der Waals surface area (Å²) in [7, 11) is 0. The van der Waals surface area contributed by atoms with Crippen molar-refractivity contribution in [1.82, 2.24) is 19.8 Å². The van der Waals surface area contributed by atoms with Crippen molar-refractivity contribution in [3.63, 3.8) is 0 Å². The first-order valence-electron chi connectivity index (χ1n) is 13.1. The number of likely N-dealkylation sites (tertiary alicyclic amines) is 1. The number of amides is 2. The highest BCUT2D eigenvalue weighted by atomic mass is 16.4. The number of piperidine rings is 1. The minimum absolute atomic E-state index is 0.0728. The van der Waals surface area contributed by atoms with E-state index in [0.717, 1.165) is 30.6 Å². The Labute approximate surface area is 215 Å². The number of hydrogen-bond donors (Lipinski definition) is 2. The minimum Gasteiger partial charge on any atom is -0.481 e. The Morgan fingerprint density at radius 1 is 1.19 bits per heavy atom. The molecule has 0 radical (unpaired) electrons. The molecule has 1 aliphatic rings. The molecular formula is C27H44N4O5. The van der Waals surface area contributed by atoms with Crippen molar-refractivity contribution in [2.75, 3.05) is 19.6 Å². The van der Waals surface area contributed by atoms with Crippen LogP contribution in [0.5, 0.6) is 0 Å². The molecule has 2 heterocycles. The predicted octanol–water partition coefficient (Wildman–Crippen LogP) is 4.84. The van der Waals surface area contributed by atoms with Gasteiger partial charge >= 0.3 is 12.1 Å². The topological polar surface area (TPSA) is 124 Å². The molecule has 9 heteroatoms. The number of aryl methyl sites for hydroxylation is 1. The first-order valence-corrected chi connectivity index (χ1v) is 13.1. The standard InChI is InChI=1S/C27H44N4O5/c1-8-9-10-11-12-21-20(14-28-23(29-21)26(4,5)6)22(32)31(15-18(2)3)19-13-27(7,24(33)34)17-30(16-19)25(35)36/h14,18-19H,8-13,15-17H2,1-7H3,(H,33,34)(H,35,36)/t19-,27+/m0/s1. The van der Waals surface area contributed by atoms with Gasteiger partial charge in [0.25, 0.3) is 5.91 Å². The third-order valence-corrected chi connectivity index (χ3v) is 6.74. The van der Waals surface area contributed by atoms with E-state index in [4.69, 9.17) is 4.98 Å². The van der Waals surface area contributed by atoms with Gasteiger partial charge in [0.15, 0.2) is 0 Å². The fourth-order valence-corrected chi connectivity index (χ4v) is 4.71. The number of aromatic nitrogens is 2. The third-order valence-electron chi connectivity index (χ3n) is 6.74. The average molecular weight is 505 g/mol. The maximum absolute atomic E-state index is 14.0. The van der Waals surface area contributed by atoms with Crippen LogP contribution in [-0.4, -0.2) is 73.6 Å². The minimum atomic E-state index is -1.29. The highest BCUT2D eigenvalue weighted by Gasteiger charge is 2.46. The van der Waals surface area contributed by atoms with Crippen LogP contribution in [0.25, 0.3) is 0 Å². The molecular weight excluding hydrogens is 460 g/mol. The molecule has 9 nitrogen and oxygen atoms in total. The monoisotopic (exact) mass is 504 g/mol. The summed E-state index contributed by atoms with van der Waals surface area (Å²) in [6.45, 7) is 14.1. The number of carboxylic acids is 1. The first-order chi connectivity index (χ1) is 16.7. The molecule has 1 aliphatic heterocycles. The van der Waals surface area contributed by atoms with Gasteiger partial charge in [0.2, 0.25) is 0 Å². The maximum atomic E-state index is 14.0. The Kier molecular flexibility index (Phi) is 9.85. The smallest absolute Gasteiger partial charge is 0.407 e. The number of unbranched alkanes of at least 4 members (excludes halogenated alkanes) is 3. The summed E-state index contributed by atoms with van der Waals surface area (Å²) in [6, 6.07) is -0.568. The van der Waals surface area contributed by atoms with Gasteiger partial charge in [-0.05, 0) is 32.1 Å². The lowest BCUT2D eigenvalue weighted by Crippen LogP contribution is -2.59. The highest BCUT2D eigenvalue weighted by Crippen LogP contribution is 2.34. The molecule has 0 saturated carbocycles. The molecule has 36 heavy (non-hydrogen) atoms. The molecule has 2 amide bonds. The van der Waals surface area contributed by atoms with Gasteiger partial charge in [-0.25, -0.2) is 14.8 Å². The fourth-order valence-electron chi connectivity index (χ4n) is 4.71. The SMILES string of the molecule is CCCCCCc1nc(C(C)(C)C)ncc1C(=O)N(CC(C)C)[C@@H]1CN(C(=O)O)C[C@](C)(C(=O)O)C1. The van der Waals surface area contributed by atoms with Gasteiger partial charge in [-0.2, -0.15) is 0 Å². The van der Waals surface area contributed by atoms with Crippen molar-refractivity contribution in [3.8, 4) is 0 Å². The van der Waals surface area contributed by atoms with E-state index in [1.165, 1.54) is 0 Å². The fraction of sp³-hybridized carbons (Fsp3) is 0.741. The van der Waals surface area contributed by atoms with Crippen LogP contribution in [0.3, 0.4) is 0 Å².